The van der Waals surface area contributed by atoms with Gasteiger partial charge in [-0.2, -0.15) is 0 Å². The molecule has 0 spiro atoms. The van der Waals surface area contributed by atoms with E-state index in [0.717, 1.165) is 5.56 Å². The summed E-state index contributed by atoms with van der Waals surface area (Å²) < 4.78 is 17.5. The fourth-order valence-electron chi connectivity index (χ4n) is 9.38. The molecule has 14 nitrogen and oxygen atoms in total. The number of amides is 3. The first-order valence-electron chi connectivity index (χ1n) is 23.5. The van der Waals surface area contributed by atoms with Crippen molar-refractivity contribution < 1.29 is 48.1 Å². The normalized spacial score (nSPS) is 18.2. The van der Waals surface area contributed by atoms with E-state index < -0.39 is 65.8 Å². The Morgan fingerprint density at radius 3 is 1.98 bits per heavy atom. The molecule has 3 amide bonds. The van der Waals surface area contributed by atoms with Crippen LogP contribution in [0, 0.1) is 35.5 Å². The number of likely N-dealkylation sites (N-methyl/N-ethyl adjacent to an activating group) is 2. The highest BCUT2D eigenvalue weighted by Crippen LogP contribution is 2.32. The SMILES string of the molecule is CC[C@H](C)[C@@H]([C@@H](CC(=O)N1CCC[C@H]1[C@H](OC)[C@@H](C)C(=O)C[C@@H](Cc1ccccc1)C(=O)O)OC)N(C)C(=O)[C@@H](CC(=O)[C@H](C(C)C)N(C)CCCN(C)C(=O)OC(C)(C)C)C(C)C. The Morgan fingerprint density at radius 1 is 0.844 bits per heavy atom. The second-order valence-electron chi connectivity index (χ2n) is 19.9. The van der Waals surface area contributed by atoms with Crippen molar-refractivity contribution in [3.63, 3.8) is 0 Å². The number of likely N-dealkylation sites (tertiary alicyclic amines) is 1. The number of carbonyl (C=O) groups excluding carboxylic acids is 5. The van der Waals surface area contributed by atoms with Crippen LogP contribution in [-0.4, -0.2) is 151 Å². The van der Waals surface area contributed by atoms with E-state index in [1.54, 1.807) is 42.8 Å². The second-order valence-corrected chi connectivity index (χ2v) is 19.9. The van der Waals surface area contributed by atoms with Gasteiger partial charge < -0.3 is 34.0 Å². The zero-order valence-corrected chi connectivity index (χ0v) is 41.9. The van der Waals surface area contributed by atoms with Gasteiger partial charge in [0.1, 0.15) is 11.4 Å². The van der Waals surface area contributed by atoms with Crippen LogP contribution in [0.4, 0.5) is 4.79 Å². The Hall–Kier alpha value is -3.88. The molecule has 364 valence electrons. The highest BCUT2D eigenvalue weighted by molar-refractivity contribution is 5.90. The molecule has 2 rings (SSSR count). The molecule has 14 heteroatoms. The Bertz CT molecular complexity index is 1650. The maximum Gasteiger partial charge on any atom is 0.410 e. The molecule has 0 bridgehead atoms. The molecule has 9 atom stereocenters. The molecule has 1 fully saturated rings. The Kier molecular flexibility index (Phi) is 23.1. The summed E-state index contributed by atoms with van der Waals surface area (Å²) in [6.07, 6.45) is 1.11. The number of ether oxygens (including phenoxy) is 3. The number of carboxylic acid groups (broad SMARTS) is 1. The van der Waals surface area contributed by atoms with Crippen LogP contribution in [0.1, 0.15) is 120 Å². The summed E-state index contributed by atoms with van der Waals surface area (Å²) in [5.74, 6) is -4.01. The molecule has 1 aliphatic rings. The van der Waals surface area contributed by atoms with Crippen molar-refractivity contribution >= 4 is 35.4 Å². The molecule has 1 aromatic carbocycles. The van der Waals surface area contributed by atoms with Gasteiger partial charge in [0.15, 0.2) is 5.78 Å². The number of methoxy groups -OCH3 is 2. The third-order valence-electron chi connectivity index (χ3n) is 13.2. The summed E-state index contributed by atoms with van der Waals surface area (Å²) in [7, 11) is 8.44. The number of hydrogen-bond donors (Lipinski definition) is 1. The molecule has 1 heterocycles. The number of carbonyl (C=O) groups is 6. The molecule has 1 saturated heterocycles. The number of Topliss-reactive ketones (excluding diaryl/α,β-unsaturated/α-hetero) is 2. The topological polar surface area (TPSA) is 163 Å². The summed E-state index contributed by atoms with van der Waals surface area (Å²) in [6, 6.07) is 7.93. The number of aliphatic carboxylic acids is 1. The van der Waals surface area contributed by atoms with Crippen molar-refractivity contribution in [3.8, 4) is 0 Å². The molecule has 1 aliphatic heterocycles. The first kappa shape index (κ1) is 56.2. The summed E-state index contributed by atoms with van der Waals surface area (Å²) >= 11 is 0. The van der Waals surface area contributed by atoms with E-state index in [0.29, 0.717) is 45.3 Å². The van der Waals surface area contributed by atoms with Crippen LogP contribution in [-0.2, 0) is 44.6 Å². The maximum atomic E-state index is 14.6. The van der Waals surface area contributed by atoms with Crippen LogP contribution in [0.2, 0.25) is 0 Å². The highest BCUT2D eigenvalue weighted by Gasteiger charge is 2.43. The Morgan fingerprint density at radius 2 is 1.47 bits per heavy atom. The molecule has 64 heavy (non-hydrogen) atoms. The molecule has 0 aromatic heterocycles. The molecule has 1 N–H and O–H groups in total. The van der Waals surface area contributed by atoms with E-state index in [-0.39, 0.29) is 66.8 Å². The first-order valence-corrected chi connectivity index (χ1v) is 23.5. The maximum absolute atomic E-state index is 14.6. The van der Waals surface area contributed by atoms with Crippen LogP contribution in [0.5, 0.6) is 0 Å². The van der Waals surface area contributed by atoms with Gasteiger partial charge in [-0.15, -0.1) is 0 Å². The van der Waals surface area contributed by atoms with Gasteiger partial charge in [0.25, 0.3) is 0 Å². The van der Waals surface area contributed by atoms with Gasteiger partial charge >= 0.3 is 12.1 Å². The molecule has 0 unspecified atom stereocenters. The average Bonchev–Trinajstić information content (AvgIpc) is 3.71. The van der Waals surface area contributed by atoms with Crippen molar-refractivity contribution in [2.24, 2.45) is 35.5 Å². The van der Waals surface area contributed by atoms with Crippen molar-refractivity contribution in [3.05, 3.63) is 35.9 Å². The van der Waals surface area contributed by atoms with Crippen molar-refractivity contribution in [2.75, 3.05) is 55.0 Å². The van der Waals surface area contributed by atoms with Gasteiger partial charge in [0.05, 0.1) is 42.7 Å². The lowest BCUT2D eigenvalue weighted by Gasteiger charge is -2.41. The molecule has 0 saturated carbocycles. The fraction of sp³-hybridized carbons (Fsp3) is 0.760. The standard InChI is InChI=1S/C50H84N4O10/c1-16-34(6)45(53(13)47(58)38(32(2)3)30-41(56)44(33(4)5)51(11)25-21-26-52(12)49(61)64-50(8,9)10)42(62-14)31-43(57)54-27-20-24-39(54)46(63-15)35(7)40(55)29-37(48(59)60)28-36-22-18-17-19-23-36/h17-19,22-23,32-35,37-39,42,44-46H,16,20-21,24-31H2,1-15H3,(H,59,60)/t34-,35-,37+,38-,39-,42+,44-,45-,46+/m0/s1. The largest absolute Gasteiger partial charge is 0.481 e. The Labute approximate surface area is 385 Å². The molecular formula is C50H84N4O10. The van der Waals surface area contributed by atoms with Gasteiger partial charge in [-0.25, -0.2) is 4.79 Å². The van der Waals surface area contributed by atoms with Crippen molar-refractivity contribution in [2.45, 2.75) is 157 Å². The van der Waals surface area contributed by atoms with Gasteiger partial charge in [0.2, 0.25) is 11.8 Å². The van der Waals surface area contributed by atoms with Gasteiger partial charge in [-0.1, -0.05) is 85.2 Å². The third kappa shape index (κ3) is 16.5. The Balaban J connectivity index is 2.24. The smallest absolute Gasteiger partial charge is 0.410 e. The van der Waals surface area contributed by atoms with Crippen LogP contribution in [0.15, 0.2) is 30.3 Å². The van der Waals surface area contributed by atoms with Crippen LogP contribution in [0.25, 0.3) is 0 Å². The zero-order chi connectivity index (χ0) is 48.6. The van der Waals surface area contributed by atoms with E-state index in [2.05, 4.69) is 0 Å². The van der Waals surface area contributed by atoms with E-state index in [4.69, 9.17) is 14.2 Å². The number of nitrogens with zero attached hydrogens (tertiary/aromatic N) is 4. The van der Waals surface area contributed by atoms with E-state index >= 15 is 0 Å². The molecule has 0 radical (unpaired) electrons. The monoisotopic (exact) mass is 901 g/mol. The summed E-state index contributed by atoms with van der Waals surface area (Å²) in [5, 5.41) is 10.0. The molecular weight excluding hydrogens is 817 g/mol. The van der Waals surface area contributed by atoms with Crippen LogP contribution < -0.4 is 0 Å². The van der Waals surface area contributed by atoms with E-state index in [1.807, 2.05) is 105 Å². The lowest BCUT2D eigenvalue weighted by Crippen LogP contribution is -2.54. The minimum atomic E-state index is -1.03. The number of ketones is 2. The van der Waals surface area contributed by atoms with Crippen LogP contribution in [0.3, 0.4) is 0 Å². The van der Waals surface area contributed by atoms with Gasteiger partial charge in [0, 0.05) is 72.6 Å². The number of benzene rings is 1. The number of carboxylic acids is 1. The predicted molar refractivity (Wildman–Crippen MR) is 250 cm³/mol. The summed E-state index contributed by atoms with van der Waals surface area (Å²) in [4.78, 5) is 88.6. The third-order valence-corrected chi connectivity index (χ3v) is 13.2. The summed E-state index contributed by atoms with van der Waals surface area (Å²) in [6.45, 7) is 20.7. The second kappa shape index (κ2) is 26.3. The quantitative estimate of drug-likeness (QED) is 0.0946. The first-order chi connectivity index (χ1) is 29.9. The van der Waals surface area contributed by atoms with Gasteiger partial charge in [-0.05, 0) is 76.8 Å². The predicted octanol–water partition coefficient (Wildman–Crippen LogP) is 7.25. The fourth-order valence-corrected chi connectivity index (χ4v) is 9.38. The summed E-state index contributed by atoms with van der Waals surface area (Å²) in [5.41, 5.74) is 0.246. The minimum absolute atomic E-state index is 0.00877. The lowest BCUT2D eigenvalue weighted by atomic mass is 9.83. The highest BCUT2D eigenvalue weighted by atomic mass is 16.6. The average molecular weight is 901 g/mol. The number of rotatable bonds is 27. The van der Waals surface area contributed by atoms with Crippen molar-refractivity contribution in [1.82, 2.24) is 19.6 Å². The molecule has 1 aromatic rings. The van der Waals surface area contributed by atoms with Crippen LogP contribution >= 0.6 is 0 Å². The van der Waals surface area contributed by atoms with Gasteiger partial charge in [-0.3, -0.25) is 28.9 Å². The minimum Gasteiger partial charge on any atom is -0.481 e. The number of hydrogen-bond acceptors (Lipinski definition) is 10. The van der Waals surface area contributed by atoms with E-state index in [9.17, 15) is 33.9 Å². The van der Waals surface area contributed by atoms with E-state index in [1.165, 1.54) is 7.11 Å². The zero-order valence-electron chi connectivity index (χ0n) is 41.9. The lowest BCUT2D eigenvalue weighted by molar-refractivity contribution is -0.149. The molecule has 0 aliphatic carbocycles. The van der Waals surface area contributed by atoms with Crippen molar-refractivity contribution in [1.29, 1.82) is 0 Å².